The van der Waals surface area contributed by atoms with Crippen molar-refractivity contribution in [3.8, 4) is 0 Å². The first-order valence-corrected chi connectivity index (χ1v) is 7.27. The summed E-state index contributed by atoms with van der Waals surface area (Å²) in [4.78, 5) is -0.368. The summed E-state index contributed by atoms with van der Waals surface area (Å²) >= 11 is 0. The van der Waals surface area contributed by atoms with E-state index in [1.165, 1.54) is 12.1 Å². The quantitative estimate of drug-likeness (QED) is 0.806. The van der Waals surface area contributed by atoms with Gasteiger partial charge in [-0.05, 0) is 30.0 Å². The molecule has 0 aliphatic rings. The summed E-state index contributed by atoms with van der Waals surface area (Å²) in [5.74, 6) is -0.305. The van der Waals surface area contributed by atoms with Crippen molar-refractivity contribution in [1.82, 2.24) is 4.72 Å². The van der Waals surface area contributed by atoms with Crippen LogP contribution < -0.4 is 10.5 Å². The molecule has 4 nitrogen and oxygen atoms in total. The second kappa shape index (κ2) is 5.67. The summed E-state index contributed by atoms with van der Waals surface area (Å²) in [6, 6.07) is 3.54. The van der Waals surface area contributed by atoms with Crippen molar-refractivity contribution >= 4 is 15.7 Å². The normalized spacial score (nSPS) is 13.8. The highest BCUT2D eigenvalue weighted by atomic mass is 32.2. The van der Waals surface area contributed by atoms with Crippen molar-refractivity contribution in [3.05, 3.63) is 24.0 Å². The summed E-state index contributed by atoms with van der Waals surface area (Å²) in [7, 11) is -3.82. The molecule has 0 aliphatic heterocycles. The molecular formula is C12H19FN2O2S. The first-order chi connectivity index (χ1) is 8.24. The van der Waals surface area contributed by atoms with Crippen LogP contribution in [-0.2, 0) is 10.0 Å². The minimum atomic E-state index is -3.82. The maximum Gasteiger partial charge on any atom is 0.243 e. The zero-order valence-electron chi connectivity index (χ0n) is 10.8. The summed E-state index contributed by atoms with van der Waals surface area (Å²) in [6.07, 6.45) is 0. The van der Waals surface area contributed by atoms with Gasteiger partial charge in [0.1, 0.15) is 10.7 Å². The Hall–Kier alpha value is -1.14. The molecule has 0 aromatic heterocycles. The molecule has 0 aliphatic carbocycles. The van der Waals surface area contributed by atoms with Crippen LogP contribution in [0.2, 0.25) is 0 Å². The van der Waals surface area contributed by atoms with Crippen molar-refractivity contribution in [1.29, 1.82) is 0 Å². The summed E-state index contributed by atoms with van der Waals surface area (Å²) < 4.78 is 39.7. The van der Waals surface area contributed by atoms with E-state index in [-0.39, 0.29) is 23.0 Å². The van der Waals surface area contributed by atoms with Gasteiger partial charge in [0.15, 0.2) is 0 Å². The van der Waals surface area contributed by atoms with Gasteiger partial charge in [0.2, 0.25) is 10.0 Å². The monoisotopic (exact) mass is 274 g/mol. The van der Waals surface area contributed by atoms with E-state index in [1.54, 1.807) is 0 Å². The van der Waals surface area contributed by atoms with Gasteiger partial charge in [0.05, 0.1) is 0 Å². The number of hydrogen-bond acceptors (Lipinski definition) is 3. The number of halogens is 1. The van der Waals surface area contributed by atoms with E-state index in [0.717, 1.165) is 6.07 Å². The summed E-state index contributed by atoms with van der Waals surface area (Å²) in [6.45, 7) is 6.22. The van der Waals surface area contributed by atoms with Crippen LogP contribution in [0.25, 0.3) is 0 Å². The van der Waals surface area contributed by atoms with Crippen LogP contribution in [0.5, 0.6) is 0 Å². The first kappa shape index (κ1) is 14.9. The summed E-state index contributed by atoms with van der Waals surface area (Å²) in [5, 5.41) is 0. The lowest BCUT2D eigenvalue weighted by atomic mass is 9.99. The van der Waals surface area contributed by atoms with Gasteiger partial charge in [-0.2, -0.15) is 0 Å². The van der Waals surface area contributed by atoms with Gasteiger partial charge < -0.3 is 5.73 Å². The first-order valence-electron chi connectivity index (χ1n) is 5.78. The van der Waals surface area contributed by atoms with Gasteiger partial charge in [-0.3, -0.25) is 0 Å². The smallest absolute Gasteiger partial charge is 0.243 e. The van der Waals surface area contributed by atoms with Gasteiger partial charge in [-0.1, -0.05) is 20.8 Å². The lowest BCUT2D eigenvalue weighted by Gasteiger charge is -2.16. The van der Waals surface area contributed by atoms with Crippen molar-refractivity contribution in [3.63, 3.8) is 0 Å². The van der Waals surface area contributed by atoms with Gasteiger partial charge >= 0.3 is 0 Å². The van der Waals surface area contributed by atoms with Crippen molar-refractivity contribution in [2.75, 3.05) is 12.3 Å². The number of benzene rings is 1. The molecule has 18 heavy (non-hydrogen) atoms. The Morgan fingerprint density at radius 3 is 2.44 bits per heavy atom. The van der Waals surface area contributed by atoms with Crippen LogP contribution in [0.15, 0.2) is 23.1 Å². The third-order valence-corrected chi connectivity index (χ3v) is 4.44. The van der Waals surface area contributed by atoms with Gasteiger partial charge in [0, 0.05) is 12.2 Å². The largest absolute Gasteiger partial charge is 0.399 e. The fourth-order valence-corrected chi connectivity index (χ4v) is 2.49. The fraction of sp³-hybridized carbons (Fsp3) is 0.500. The second-order valence-corrected chi connectivity index (χ2v) is 6.50. The highest BCUT2D eigenvalue weighted by Crippen LogP contribution is 2.17. The Balaban J connectivity index is 2.87. The lowest BCUT2D eigenvalue weighted by Crippen LogP contribution is -2.30. The van der Waals surface area contributed by atoms with Gasteiger partial charge in [0.25, 0.3) is 0 Å². The number of nitrogens with one attached hydrogen (secondary N) is 1. The number of nitrogens with two attached hydrogens (primary N) is 1. The maximum atomic E-state index is 13.5. The molecule has 0 amide bonds. The molecule has 1 aromatic carbocycles. The van der Waals surface area contributed by atoms with Crippen LogP contribution in [0, 0.1) is 17.7 Å². The Labute approximate surface area is 107 Å². The third kappa shape index (κ3) is 3.68. The van der Waals surface area contributed by atoms with Crippen molar-refractivity contribution < 1.29 is 12.8 Å². The van der Waals surface area contributed by atoms with Gasteiger partial charge in [-0.15, -0.1) is 0 Å². The van der Waals surface area contributed by atoms with Crippen LogP contribution in [-0.4, -0.2) is 15.0 Å². The lowest BCUT2D eigenvalue weighted by molar-refractivity contribution is 0.414. The fourth-order valence-electron chi connectivity index (χ4n) is 1.29. The molecule has 1 rings (SSSR count). The molecular weight excluding hydrogens is 255 g/mol. The molecule has 0 heterocycles. The Morgan fingerprint density at radius 2 is 1.94 bits per heavy atom. The van der Waals surface area contributed by atoms with Crippen LogP contribution >= 0.6 is 0 Å². The molecule has 0 spiro atoms. The van der Waals surface area contributed by atoms with E-state index in [9.17, 15) is 12.8 Å². The number of hydrogen-bond donors (Lipinski definition) is 2. The predicted octanol–water partition coefficient (Wildman–Crippen LogP) is 1.98. The SMILES string of the molecule is CC(C)C(C)CNS(=O)(=O)c1ccc(N)cc1F. The maximum absolute atomic E-state index is 13.5. The van der Waals surface area contributed by atoms with E-state index in [2.05, 4.69) is 4.72 Å². The van der Waals surface area contributed by atoms with E-state index in [4.69, 9.17) is 5.73 Å². The number of nitrogen functional groups attached to an aromatic ring is 1. The topological polar surface area (TPSA) is 72.2 Å². The van der Waals surface area contributed by atoms with Crippen molar-refractivity contribution in [2.45, 2.75) is 25.7 Å². The molecule has 0 saturated carbocycles. The molecule has 0 bridgehead atoms. The molecule has 6 heteroatoms. The number of rotatable bonds is 5. The molecule has 0 saturated heterocycles. The number of anilines is 1. The molecule has 1 atom stereocenters. The van der Waals surface area contributed by atoms with E-state index >= 15 is 0 Å². The minimum Gasteiger partial charge on any atom is -0.399 e. The molecule has 0 fully saturated rings. The highest BCUT2D eigenvalue weighted by Gasteiger charge is 2.20. The standard InChI is InChI=1S/C12H19FN2O2S/c1-8(2)9(3)7-15-18(16,17)12-5-4-10(14)6-11(12)13/h4-6,8-9,15H,7,14H2,1-3H3. The molecule has 1 unspecified atom stereocenters. The zero-order chi connectivity index (χ0) is 13.9. The third-order valence-electron chi connectivity index (χ3n) is 2.98. The van der Waals surface area contributed by atoms with Crippen LogP contribution in [0.3, 0.4) is 0 Å². The van der Waals surface area contributed by atoms with E-state index in [0.29, 0.717) is 5.92 Å². The Kier molecular flexibility index (Phi) is 4.70. The average Bonchev–Trinajstić information content (AvgIpc) is 2.25. The Morgan fingerprint density at radius 1 is 1.33 bits per heavy atom. The highest BCUT2D eigenvalue weighted by molar-refractivity contribution is 7.89. The van der Waals surface area contributed by atoms with Crippen LogP contribution in [0.4, 0.5) is 10.1 Å². The molecule has 3 N–H and O–H groups in total. The molecule has 1 aromatic rings. The zero-order valence-corrected chi connectivity index (χ0v) is 11.6. The minimum absolute atomic E-state index is 0.177. The number of sulfonamides is 1. The average molecular weight is 274 g/mol. The molecule has 102 valence electrons. The van der Waals surface area contributed by atoms with Crippen LogP contribution in [0.1, 0.15) is 20.8 Å². The Bertz CT molecular complexity index is 515. The van der Waals surface area contributed by atoms with E-state index in [1.807, 2.05) is 20.8 Å². The summed E-state index contributed by atoms with van der Waals surface area (Å²) in [5.41, 5.74) is 5.57. The second-order valence-electron chi connectivity index (χ2n) is 4.76. The van der Waals surface area contributed by atoms with E-state index < -0.39 is 15.8 Å². The molecule has 0 radical (unpaired) electrons. The predicted molar refractivity (Wildman–Crippen MR) is 70.0 cm³/mol. The van der Waals surface area contributed by atoms with Crippen molar-refractivity contribution in [2.24, 2.45) is 11.8 Å². The van der Waals surface area contributed by atoms with Gasteiger partial charge in [-0.25, -0.2) is 17.5 Å².